The van der Waals surface area contributed by atoms with E-state index in [1.807, 2.05) is 23.0 Å². The van der Waals surface area contributed by atoms with Gasteiger partial charge in [-0.3, -0.25) is 9.58 Å². The Morgan fingerprint density at radius 2 is 1.88 bits per heavy atom. The monoisotopic (exact) mass is 348 g/mol. The Hall–Kier alpha value is -1.73. The average Bonchev–Trinajstić information content (AvgIpc) is 3.07. The van der Waals surface area contributed by atoms with Gasteiger partial charge in [0.15, 0.2) is 9.84 Å². The normalized spacial score (nSPS) is 18.6. The first-order chi connectivity index (χ1) is 11.4. The third-order valence-corrected chi connectivity index (χ3v) is 6.03. The van der Waals surface area contributed by atoms with Crippen LogP contribution in [0.1, 0.15) is 31.4 Å². The molecule has 24 heavy (non-hydrogen) atoms. The lowest BCUT2D eigenvalue weighted by Gasteiger charge is -2.36. The highest BCUT2D eigenvalue weighted by atomic mass is 32.2. The average molecular weight is 348 g/mol. The summed E-state index contributed by atoms with van der Waals surface area (Å²) in [4.78, 5) is 2.85. The van der Waals surface area contributed by atoms with Crippen molar-refractivity contribution >= 4 is 9.84 Å². The molecule has 0 radical (unpaired) electrons. The van der Waals surface area contributed by atoms with Crippen molar-refractivity contribution in [3.63, 3.8) is 0 Å². The number of piperidine rings is 1. The number of hydrogen-bond donors (Lipinski definition) is 0. The standard InChI is InChI=1S/C17H24N4O2S/c1-14(16-3-5-17(6-4-16)24(2,22)23)20-10-7-15(8-11-20)13-21-12-9-18-19-21/h3-6,9,12,14-15H,7-8,10-11,13H2,1-2H3. The summed E-state index contributed by atoms with van der Waals surface area (Å²) in [7, 11) is -3.13. The predicted molar refractivity (Wildman–Crippen MR) is 92.3 cm³/mol. The van der Waals surface area contributed by atoms with E-state index in [0.29, 0.717) is 16.9 Å². The lowest BCUT2D eigenvalue weighted by Crippen LogP contribution is -2.36. The molecule has 2 heterocycles. The number of hydrogen-bond acceptors (Lipinski definition) is 5. The van der Waals surface area contributed by atoms with Gasteiger partial charge in [0.05, 0.1) is 11.1 Å². The fourth-order valence-electron chi connectivity index (χ4n) is 3.32. The zero-order valence-corrected chi connectivity index (χ0v) is 15.0. The summed E-state index contributed by atoms with van der Waals surface area (Å²) in [5.41, 5.74) is 1.16. The lowest BCUT2D eigenvalue weighted by atomic mass is 9.94. The van der Waals surface area contributed by atoms with E-state index in [0.717, 1.165) is 38.0 Å². The number of likely N-dealkylation sites (tertiary alicyclic amines) is 1. The number of sulfone groups is 1. The Labute approximate surface area is 143 Å². The van der Waals surface area contributed by atoms with E-state index in [2.05, 4.69) is 22.1 Å². The van der Waals surface area contributed by atoms with Gasteiger partial charge in [0.2, 0.25) is 0 Å². The first-order valence-corrected chi connectivity index (χ1v) is 10.2. The van der Waals surface area contributed by atoms with Crippen molar-refractivity contribution in [3.8, 4) is 0 Å². The summed E-state index contributed by atoms with van der Waals surface area (Å²) in [5.74, 6) is 0.641. The minimum Gasteiger partial charge on any atom is -0.297 e. The number of nitrogens with zero attached hydrogens (tertiary/aromatic N) is 4. The van der Waals surface area contributed by atoms with Gasteiger partial charge in [-0.25, -0.2) is 8.42 Å². The highest BCUT2D eigenvalue weighted by Crippen LogP contribution is 2.27. The molecule has 0 amide bonds. The van der Waals surface area contributed by atoms with Crippen LogP contribution in [0.5, 0.6) is 0 Å². The van der Waals surface area contributed by atoms with E-state index in [4.69, 9.17) is 0 Å². The molecule has 1 aliphatic rings. The Morgan fingerprint density at radius 3 is 2.42 bits per heavy atom. The fourth-order valence-corrected chi connectivity index (χ4v) is 3.95. The molecule has 6 nitrogen and oxygen atoms in total. The van der Waals surface area contributed by atoms with Gasteiger partial charge in [-0.05, 0) is 56.5 Å². The molecule has 0 N–H and O–H groups in total. The van der Waals surface area contributed by atoms with Crippen molar-refractivity contribution in [3.05, 3.63) is 42.2 Å². The summed E-state index contributed by atoms with van der Waals surface area (Å²) >= 11 is 0. The lowest BCUT2D eigenvalue weighted by molar-refractivity contribution is 0.131. The van der Waals surface area contributed by atoms with E-state index in [9.17, 15) is 8.42 Å². The molecule has 7 heteroatoms. The van der Waals surface area contributed by atoms with Gasteiger partial charge in [0.25, 0.3) is 0 Å². The van der Waals surface area contributed by atoms with Crippen molar-refractivity contribution < 1.29 is 8.42 Å². The smallest absolute Gasteiger partial charge is 0.175 e. The van der Waals surface area contributed by atoms with Gasteiger partial charge in [0.1, 0.15) is 0 Å². The summed E-state index contributed by atoms with van der Waals surface area (Å²) in [6.45, 7) is 5.22. The molecule has 1 atom stereocenters. The molecular formula is C17H24N4O2S. The largest absolute Gasteiger partial charge is 0.297 e. The number of aromatic nitrogens is 3. The quantitative estimate of drug-likeness (QED) is 0.828. The third-order valence-electron chi connectivity index (χ3n) is 4.90. The van der Waals surface area contributed by atoms with Crippen LogP contribution in [0.25, 0.3) is 0 Å². The van der Waals surface area contributed by atoms with Crippen LogP contribution in [0.2, 0.25) is 0 Å². The summed E-state index contributed by atoms with van der Waals surface area (Å²) in [6, 6.07) is 7.58. The topological polar surface area (TPSA) is 68.1 Å². The molecule has 1 aliphatic heterocycles. The first-order valence-electron chi connectivity index (χ1n) is 8.31. The molecule has 1 saturated heterocycles. The first kappa shape index (κ1) is 17.1. The maximum Gasteiger partial charge on any atom is 0.175 e. The van der Waals surface area contributed by atoms with Crippen molar-refractivity contribution in [2.45, 2.75) is 37.2 Å². The molecule has 2 aromatic rings. The van der Waals surface area contributed by atoms with Gasteiger partial charge in [0, 0.05) is 25.0 Å². The Balaban J connectivity index is 1.57. The molecule has 1 aromatic heterocycles. The summed E-state index contributed by atoms with van der Waals surface area (Å²) < 4.78 is 25.0. The maximum atomic E-state index is 11.6. The number of rotatable bonds is 5. The van der Waals surface area contributed by atoms with Crippen LogP contribution in [0, 0.1) is 5.92 Å². The minimum absolute atomic E-state index is 0.297. The van der Waals surface area contributed by atoms with Crippen molar-refractivity contribution in [2.24, 2.45) is 5.92 Å². The Bertz CT molecular complexity index is 748. The van der Waals surface area contributed by atoms with Gasteiger partial charge in [-0.2, -0.15) is 0 Å². The second kappa shape index (κ2) is 7.03. The fraction of sp³-hybridized carbons (Fsp3) is 0.529. The van der Waals surface area contributed by atoms with Crippen LogP contribution in [-0.2, 0) is 16.4 Å². The van der Waals surface area contributed by atoms with Gasteiger partial charge in [-0.1, -0.05) is 17.3 Å². The molecule has 130 valence electrons. The zero-order chi connectivity index (χ0) is 17.2. The predicted octanol–water partition coefficient (Wildman–Crippen LogP) is 2.15. The van der Waals surface area contributed by atoms with Crippen LogP contribution in [-0.4, -0.2) is 47.7 Å². The summed E-state index contributed by atoms with van der Waals surface area (Å²) in [6.07, 6.45) is 7.16. The van der Waals surface area contributed by atoms with Crippen LogP contribution in [0.4, 0.5) is 0 Å². The molecular weight excluding hydrogens is 324 g/mol. The Kier molecular flexibility index (Phi) is 5.01. The third kappa shape index (κ3) is 4.02. The van der Waals surface area contributed by atoms with E-state index in [1.165, 1.54) is 6.26 Å². The highest BCUT2D eigenvalue weighted by molar-refractivity contribution is 7.90. The van der Waals surface area contributed by atoms with Gasteiger partial charge >= 0.3 is 0 Å². The van der Waals surface area contributed by atoms with Crippen LogP contribution >= 0.6 is 0 Å². The molecule has 1 aromatic carbocycles. The van der Waals surface area contributed by atoms with E-state index < -0.39 is 9.84 Å². The van der Waals surface area contributed by atoms with Crippen molar-refractivity contribution in [2.75, 3.05) is 19.3 Å². The van der Waals surface area contributed by atoms with Crippen molar-refractivity contribution in [1.29, 1.82) is 0 Å². The molecule has 3 rings (SSSR count). The van der Waals surface area contributed by atoms with Gasteiger partial charge in [-0.15, -0.1) is 5.10 Å². The molecule has 0 spiro atoms. The molecule has 1 fully saturated rings. The molecule has 1 unspecified atom stereocenters. The Morgan fingerprint density at radius 1 is 1.21 bits per heavy atom. The zero-order valence-electron chi connectivity index (χ0n) is 14.2. The second-order valence-corrected chi connectivity index (χ2v) is 8.64. The second-order valence-electron chi connectivity index (χ2n) is 6.62. The molecule has 0 bridgehead atoms. The van der Waals surface area contributed by atoms with Crippen LogP contribution in [0.3, 0.4) is 0 Å². The SMILES string of the molecule is CC(c1ccc(S(C)(=O)=O)cc1)N1CCC(Cn2ccnn2)CC1. The van der Waals surface area contributed by atoms with Gasteiger partial charge < -0.3 is 0 Å². The van der Waals surface area contributed by atoms with Crippen LogP contribution in [0.15, 0.2) is 41.6 Å². The van der Waals surface area contributed by atoms with E-state index in [1.54, 1.807) is 18.3 Å². The van der Waals surface area contributed by atoms with Crippen LogP contribution < -0.4 is 0 Å². The molecule has 0 saturated carbocycles. The minimum atomic E-state index is -3.13. The number of benzene rings is 1. The maximum absolute atomic E-state index is 11.6. The highest BCUT2D eigenvalue weighted by Gasteiger charge is 2.24. The van der Waals surface area contributed by atoms with E-state index >= 15 is 0 Å². The van der Waals surface area contributed by atoms with E-state index in [-0.39, 0.29) is 0 Å². The van der Waals surface area contributed by atoms with Crippen molar-refractivity contribution in [1.82, 2.24) is 19.9 Å². The molecule has 0 aliphatic carbocycles. The summed E-state index contributed by atoms with van der Waals surface area (Å²) in [5, 5.41) is 7.90.